The summed E-state index contributed by atoms with van der Waals surface area (Å²) in [6.45, 7) is 2.79. The third kappa shape index (κ3) is 3.23. The topological polar surface area (TPSA) is 211 Å². The Kier molecular flexibility index (Phi) is 5.00. The summed E-state index contributed by atoms with van der Waals surface area (Å²) in [6.07, 6.45) is 2.51. The average Bonchev–Trinajstić information content (AvgIpc) is 2.60. The van der Waals surface area contributed by atoms with Gasteiger partial charge in [0, 0.05) is 23.5 Å². The highest BCUT2D eigenvalue weighted by Crippen LogP contribution is 2.27. The largest absolute Gasteiger partial charge is 0.481 e. The van der Waals surface area contributed by atoms with Crippen LogP contribution in [0.25, 0.3) is 0 Å². The first-order valence-electron chi connectivity index (χ1n) is 8.59. The summed E-state index contributed by atoms with van der Waals surface area (Å²) >= 11 is 0. The van der Waals surface area contributed by atoms with Crippen LogP contribution in [0.1, 0.15) is 34.8 Å². The molecule has 0 saturated heterocycles. The van der Waals surface area contributed by atoms with Crippen LogP contribution in [0.15, 0.2) is 33.5 Å². The SMILES string of the molecule is C[C@@H](C(=O)O)C1=CN=C1C(=O)c1nc(N)c(C(=O)C2=NC=C2[C@@H](C)C(=O)O)nc1N. The predicted octanol–water partition coefficient (Wildman–Crippen LogP) is 0.125. The molecule has 0 aromatic carbocycles. The molecule has 6 N–H and O–H groups in total. The maximum absolute atomic E-state index is 12.7. The van der Waals surface area contributed by atoms with E-state index in [0.29, 0.717) is 0 Å². The molecule has 3 rings (SSSR count). The van der Waals surface area contributed by atoms with Crippen molar-refractivity contribution in [2.24, 2.45) is 21.8 Å². The van der Waals surface area contributed by atoms with Crippen LogP contribution < -0.4 is 11.5 Å². The van der Waals surface area contributed by atoms with Crippen molar-refractivity contribution < 1.29 is 29.4 Å². The number of Topliss-reactive ketones (excluding diaryl/α,β-unsaturated/α-hetero) is 2. The lowest BCUT2D eigenvalue weighted by molar-refractivity contribution is -0.140. The van der Waals surface area contributed by atoms with Crippen molar-refractivity contribution in [1.82, 2.24) is 9.97 Å². The number of ketones is 2. The average molecular weight is 412 g/mol. The molecule has 1 aromatic heterocycles. The Morgan fingerprint density at radius 3 is 1.33 bits per heavy atom. The van der Waals surface area contributed by atoms with E-state index in [4.69, 9.17) is 21.7 Å². The first-order valence-corrected chi connectivity index (χ1v) is 8.59. The quantitative estimate of drug-likeness (QED) is 0.423. The Labute approximate surface area is 168 Å². The Hall–Kier alpha value is -4.22. The van der Waals surface area contributed by atoms with Gasteiger partial charge in [0.15, 0.2) is 23.0 Å². The zero-order valence-electron chi connectivity index (χ0n) is 15.8. The van der Waals surface area contributed by atoms with Crippen LogP contribution in [-0.2, 0) is 9.59 Å². The molecule has 0 aliphatic carbocycles. The van der Waals surface area contributed by atoms with Crippen LogP contribution in [0.5, 0.6) is 0 Å². The number of hydrogen-bond acceptors (Lipinski definition) is 10. The van der Waals surface area contributed by atoms with E-state index >= 15 is 0 Å². The zero-order valence-corrected chi connectivity index (χ0v) is 15.8. The maximum Gasteiger partial charge on any atom is 0.310 e. The number of anilines is 2. The summed E-state index contributed by atoms with van der Waals surface area (Å²) in [7, 11) is 0. The number of carboxylic acid groups (broad SMARTS) is 2. The number of rotatable bonds is 8. The van der Waals surface area contributed by atoms with Gasteiger partial charge in [0.05, 0.1) is 11.8 Å². The third-order valence-corrected chi connectivity index (χ3v) is 4.70. The van der Waals surface area contributed by atoms with Crippen molar-refractivity contribution in [3.05, 3.63) is 34.9 Å². The molecular formula is C18H16N6O6. The fraction of sp³-hybridized carbons (Fsp3) is 0.222. The van der Waals surface area contributed by atoms with Gasteiger partial charge in [-0.3, -0.25) is 29.2 Å². The summed E-state index contributed by atoms with van der Waals surface area (Å²) in [4.78, 5) is 62.8. The molecule has 0 radical (unpaired) electrons. The molecule has 0 spiro atoms. The van der Waals surface area contributed by atoms with E-state index < -0.39 is 47.0 Å². The molecule has 0 fully saturated rings. The molecule has 0 bridgehead atoms. The summed E-state index contributed by atoms with van der Waals surface area (Å²) in [6, 6.07) is 0. The first kappa shape index (κ1) is 20.5. The molecule has 12 nitrogen and oxygen atoms in total. The minimum absolute atomic E-state index is 0.131. The number of aliphatic carboxylic acids is 2. The number of carbonyl (C=O) groups is 4. The highest BCUT2D eigenvalue weighted by atomic mass is 16.4. The molecule has 2 aliphatic rings. The molecule has 0 saturated carbocycles. The van der Waals surface area contributed by atoms with Gasteiger partial charge in [-0.15, -0.1) is 0 Å². The highest BCUT2D eigenvalue weighted by molar-refractivity contribution is 6.55. The van der Waals surface area contributed by atoms with Crippen LogP contribution in [0.4, 0.5) is 11.6 Å². The van der Waals surface area contributed by atoms with Crippen LogP contribution in [0, 0.1) is 11.8 Å². The van der Waals surface area contributed by atoms with E-state index in [0.717, 1.165) is 0 Å². The summed E-state index contributed by atoms with van der Waals surface area (Å²) in [5.41, 5.74) is 11.0. The number of hydrogen-bond donors (Lipinski definition) is 4. The summed E-state index contributed by atoms with van der Waals surface area (Å²) in [5.74, 6) is -6.59. The molecule has 0 unspecified atom stereocenters. The van der Waals surface area contributed by atoms with Crippen molar-refractivity contribution >= 4 is 46.6 Å². The second-order valence-corrected chi connectivity index (χ2v) is 6.59. The molecule has 0 amide bonds. The maximum atomic E-state index is 12.7. The Morgan fingerprint density at radius 2 is 1.10 bits per heavy atom. The van der Waals surface area contributed by atoms with Crippen LogP contribution >= 0.6 is 0 Å². The van der Waals surface area contributed by atoms with E-state index in [9.17, 15) is 19.2 Å². The molecule has 1 aromatic rings. The Balaban J connectivity index is 1.85. The molecule has 2 atom stereocenters. The van der Waals surface area contributed by atoms with E-state index in [-0.39, 0.29) is 34.0 Å². The highest BCUT2D eigenvalue weighted by Gasteiger charge is 2.35. The van der Waals surface area contributed by atoms with Crippen LogP contribution in [-0.4, -0.2) is 55.1 Å². The minimum atomic E-state index is -1.14. The fourth-order valence-corrected chi connectivity index (χ4v) is 2.71. The predicted molar refractivity (Wildman–Crippen MR) is 104 cm³/mol. The molecular weight excluding hydrogens is 396 g/mol. The standard InChI is InChI=1S/C18H16N6O6/c1-5(17(27)28)7-3-21-9(7)13(25)11-15(19)24-12(16(20)23-11)14(26)10-8(4-22-10)6(2)18(29)30/h3-6H,1-2H3,(H2,20,23)(H2,19,24)(H,27,28)(H,29,30)/t5-,6-/m1/s1. The molecule has 2 aliphatic heterocycles. The molecule has 3 heterocycles. The van der Waals surface area contributed by atoms with Crippen molar-refractivity contribution in [2.75, 3.05) is 11.5 Å². The zero-order chi connectivity index (χ0) is 22.3. The van der Waals surface area contributed by atoms with Gasteiger partial charge in [-0.05, 0) is 13.8 Å². The number of nitrogens with zero attached hydrogens (tertiary/aromatic N) is 4. The molecule has 154 valence electrons. The van der Waals surface area contributed by atoms with Crippen LogP contribution in [0.3, 0.4) is 0 Å². The fourth-order valence-electron chi connectivity index (χ4n) is 2.71. The van der Waals surface area contributed by atoms with Crippen molar-refractivity contribution in [1.29, 1.82) is 0 Å². The lowest BCUT2D eigenvalue weighted by atomic mass is 9.90. The van der Waals surface area contributed by atoms with Gasteiger partial charge in [0.2, 0.25) is 11.6 Å². The Bertz CT molecular complexity index is 1060. The van der Waals surface area contributed by atoms with Gasteiger partial charge >= 0.3 is 11.9 Å². The second-order valence-electron chi connectivity index (χ2n) is 6.59. The second kappa shape index (κ2) is 7.31. The van der Waals surface area contributed by atoms with Gasteiger partial charge in [-0.2, -0.15) is 0 Å². The lowest BCUT2D eigenvalue weighted by Gasteiger charge is -2.20. The lowest BCUT2D eigenvalue weighted by Crippen LogP contribution is -2.32. The normalized spacial score (nSPS) is 16.6. The Morgan fingerprint density at radius 1 is 0.767 bits per heavy atom. The number of aromatic nitrogens is 2. The van der Waals surface area contributed by atoms with Crippen molar-refractivity contribution in [3.8, 4) is 0 Å². The number of nitrogen functional groups attached to an aromatic ring is 2. The third-order valence-electron chi connectivity index (χ3n) is 4.70. The van der Waals surface area contributed by atoms with Crippen molar-refractivity contribution in [2.45, 2.75) is 13.8 Å². The van der Waals surface area contributed by atoms with Gasteiger partial charge < -0.3 is 21.7 Å². The van der Waals surface area contributed by atoms with Gasteiger partial charge in [0.1, 0.15) is 11.4 Å². The van der Waals surface area contributed by atoms with Gasteiger partial charge in [-0.25, -0.2) is 9.97 Å². The van der Waals surface area contributed by atoms with E-state index in [2.05, 4.69) is 20.0 Å². The smallest absolute Gasteiger partial charge is 0.310 e. The number of nitrogens with two attached hydrogens (primary N) is 2. The van der Waals surface area contributed by atoms with E-state index in [1.54, 1.807) is 0 Å². The molecule has 30 heavy (non-hydrogen) atoms. The monoisotopic (exact) mass is 412 g/mol. The number of aliphatic imine (C=N–C) groups is 2. The summed E-state index contributed by atoms with van der Waals surface area (Å²) < 4.78 is 0. The number of carbonyl (C=O) groups excluding carboxylic acids is 2. The van der Waals surface area contributed by atoms with Crippen molar-refractivity contribution in [3.63, 3.8) is 0 Å². The van der Waals surface area contributed by atoms with Gasteiger partial charge in [-0.1, -0.05) is 0 Å². The number of carboxylic acids is 2. The first-order chi connectivity index (χ1) is 14.0. The van der Waals surface area contributed by atoms with E-state index in [1.165, 1.54) is 26.2 Å². The summed E-state index contributed by atoms with van der Waals surface area (Å²) in [5, 5.41) is 18.2. The van der Waals surface area contributed by atoms with Crippen LogP contribution in [0.2, 0.25) is 0 Å². The van der Waals surface area contributed by atoms with E-state index in [1.807, 2.05) is 0 Å². The molecule has 12 heteroatoms. The minimum Gasteiger partial charge on any atom is -0.481 e. The van der Waals surface area contributed by atoms with Gasteiger partial charge in [0.25, 0.3) is 0 Å².